The first-order chi connectivity index (χ1) is 6.20. The third kappa shape index (κ3) is 1.60. The first-order valence-corrected chi connectivity index (χ1v) is 5.01. The first-order valence-electron chi connectivity index (χ1n) is 5.01. The molecule has 1 saturated heterocycles. The molecule has 1 amide bonds. The second-order valence-electron chi connectivity index (χ2n) is 4.05. The summed E-state index contributed by atoms with van der Waals surface area (Å²) in [6, 6.07) is -0.0787. The molecule has 1 heterocycles. The second kappa shape index (κ2) is 3.13. The molecular formula is C10H15NO2. The molecule has 0 radical (unpaired) electrons. The van der Waals surface area contributed by atoms with E-state index < -0.39 is 0 Å². The third-order valence-corrected chi connectivity index (χ3v) is 2.97. The standard InChI is InChI=1S/C10H15NO2/c1-7(12)11-6-2-3-9(11)10(13)8-4-5-8/h8-9H,2-6H2,1H3. The lowest BCUT2D eigenvalue weighted by Crippen LogP contribution is -2.39. The minimum atomic E-state index is -0.0787. The van der Waals surface area contributed by atoms with E-state index in [1.807, 2.05) is 0 Å². The Balaban J connectivity index is 2.03. The van der Waals surface area contributed by atoms with Gasteiger partial charge >= 0.3 is 0 Å². The van der Waals surface area contributed by atoms with Crippen molar-refractivity contribution in [1.29, 1.82) is 0 Å². The van der Waals surface area contributed by atoms with Crippen LogP contribution in [0.3, 0.4) is 0 Å². The van der Waals surface area contributed by atoms with Gasteiger partial charge in [-0.3, -0.25) is 9.59 Å². The Morgan fingerprint density at radius 1 is 1.23 bits per heavy atom. The molecule has 3 heteroatoms. The number of likely N-dealkylation sites (tertiary alicyclic amines) is 1. The Bertz CT molecular complexity index is 245. The lowest BCUT2D eigenvalue weighted by molar-refractivity contribution is -0.136. The summed E-state index contributed by atoms with van der Waals surface area (Å²) in [6.45, 7) is 2.33. The van der Waals surface area contributed by atoms with Crippen LogP contribution < -0.4 is 0 Å². The molecule has 0 spiro atoms. The second-order valence-corrected chi connectivity index (χ2v) is 4.05. The van der Waals surface area contributed by atoms with Gasteiger partial charge in [0.25, 0.3) is 0 Å². The average molecular weight is 181 g/mol. The van der Waals surface area contributed by atoms with Crippen molar-refractivity contribution in [3.63, 3.8) is 0 Å². The predicted octanol–water partition coefficient (Wildman–Crippen LogP) is 0.976. The lowest BCUT2D eigenvalue weighted by Gasteiger charge is -2.21. The highest BCUT2D eigenvalue weighted by Crippen LogP contribution is 2.34. The number of carbonyl (C=O) groups is 2. The molecule has 1 unspecified atom stereocenters. The maximum atomic E-state index is 11.7. The van der Waals surface area contributed by atoms with Gasteiger partial charge in [0.2, 0.25) is 5.91 Å². The van der Waals surface area contributed by atoms with E-state index >= 15 is 0 Å². The highest BCUT2D eigenvalue weighted by atomic mass is 16.2. The van der Waals surface area contributed by atoms with Crippen LogP contribution in [0.2, 0.25) is 0 Å². The fourth-order valence-electron chi connectivity index (χ4n) is 2.08. The minimum absolute atomic E-state index is 0.0523. The zero-order valence-electron chi connectivity index (χ0n) is 7.95. The maximum Gasteiger partial charge on any atom is 0.220 e. The zero-order chi connectivity index (χ0) is 9.42. The summed E-state index contributed by atoms with van der Waals surface area (Å²) in [7, 11) is 0. The number of ketones is 1. The fraction of sp³-hybridized carbons (Fsp3) is 0.800. The quantitative estimate of drug-likeness (QED) is 0.636. The van der Waals surface area contributed by atoms with Crippen LogP contribution in [-0.2, 0) is 9.59 Å². The van der Waals surface area contributed by atoms with Crippen molar-refractivity contribution in [2.75, 3.05) is 6.54 Å². The molecule has 3 nitrogen and oxygen atoms in total. The predicted molar refractivity (Wildman–Crippen MR) is 48.1 cm³/mol. The molecule has 1 saturated carbocycles. The van der Waals surface area contributed by atoms with Gasteiger partial charge in [-0.15, -0.1) is 0 Å². The first kappa shape index (κ1) is 8.73. The van der Waals surface area contributed by atoms with Crippen molar-refractivity contribution in [3.05, 3.63) is 0 Å². The third-order valence-electron chi connectivity index (χ3n) is 2.97. The molecule has 1 aliphatic heterocycles. The summed E-state index contributed by atoms with van der Waals surface area (Å²) >= 11 is 0. The lowest BCUT2D eigenvalue weighted by atomic mass is 10.1. The largest absolute Gasteiger partial charge is 0.333 e. The molecular weight excluding hydrogens is 166 g/mol. The Hall–Kier alpha value is -0.860. The molecule has 2 rings (SSSR count). The van der Waals surface area contributed by atoms with Crippen molar-refractivity contribution in [3.8, 4) is 0 Å². The molecule has 0 aromatic heterocycles. The van der Waals surface area contributed by atoms with Gasteiger partial charge in [-0.25, -0.2) is 0 Å². The van der Waals surface area contributed by atoms with Crippen LogP contribution in [0.15, 0.2) is 0 Å². The maximum absolute atomic E-state index is 11.7. The van der Waals surface area contributed by atoms with Gasteiger partial charge in [-0.2, -0.15) is 0 Å². The van der Waals surface area contributed by atoms with E-state index in [1.165, 1.54) is 0 Å². The SMILES string of the molecule is CC(=O)N1CCCC1C(=O)C1CC1. The fourth-order valence-corrected chi connectivity index (χ4v) is 2.08. The number of hydrogen-bond acceptors (Lipinski definition) is 2. The van der Waals surface area contributed by atoms with Gasteiger partial charge in [0.05, 0.1) is 6.04 Å². The Kier molecular flexibility index (Phi) is 2.10. The Morgan fingerprint density at radius 3 is 2.46 bits per heavy atom. The summed E-state index contributed by atoms with van der Waals surface area (Å²) in [4.78, 5) is 24.6. The molecule has 0 aromatic carbocycles. The van der Waals surface area contributed by atoms with E-state index in [1.54, 1.807) is 11.8 Å². The van der Waals surface area contributed by atoms with Crippen LogP contribution in [-0.4, -0.2) is 29.2 Å². The van der Waals surface area contributed by atoms with E-state index in [0.717, 1.165) is 32.2 Å². The molecule has 2 fully saturated rings. The number of nitrogens with zero attached hydrogens (tertiary/aromatic N) is 1. The molecule has 0 aromatic rings. The van der Waals surface area contributed by atoms with Crippen LogP contribution >= 0.6 is 0 Å². The molecule has 0 N–H and O–H groups in total. The monoisotopic (exact) mass is 181 g/mol. The average Bonchev–Trinajstić information content (AvgIpc) is 2.80. The molecule has 1 atom stereocenters. The summed E-state index contributed by atoms with van der Waals surface area (Å²) < 4.78 is 0. The summed E-state index contributed by atoms with van der Waals surface area (Å²) in [5.74, 6) is 0.647. The van der Waals surface area contributed by atoms with Crippen molar-refractivity contribution >= 4 is 11.7 Å². The van der Waals surface area contributed by atoms with Crippen molar-refractivity contribution in [2.24, 2.45) is 5.92 Å². The van der Waals surface area contributed by atoms with Crippen LogP contribution in [0.1, 0.15) is 32.6 Å². The number of Topliss-reactive ketones (excluding diaryl/α,β-unsaturated/α-hetero) is 1. The van der Waals surface area contributed by atoms with Crippen molar-refractivity contribution in [2.45, 2.75) is 38.6 Å². The van der Waals surface area contributed by atoms with Gasteiger partial charge in [0.15, 0.2) is 5.78 Å². The molecule has 0 bridgehead atoms. The normalized spacial score (nSPS) is 27.8. The number of carbonyl (C=O) groups excluding carboxylic acids is 2. The molecule has 1 aliphatic carbocycles. The van der Waals surface area contributed by atoms with E-state index in [9.17, 15) is 9.59 Å². The molecule has 72 valence electrons. The van der Waals surface area contributed by atoms with Gasteiger partial charge in [-0.1, -0.05) is 0 Å². The number of rotatable bonds is 2. The van der Waals surface area contributed by atoms with Crippen LogP contribution in [0, 0.1) is 5.92 Å². The molecule has 13 heavy (non-hydrogen) atoms. The van der Waals surface area contributed by atoms with Crippen LogP contribution in [0.5, 0.6) is 0 Å². The van der Waals surface area contributed by atoms with E-state index in [-0.39, 0.29) is 17.9 Å². The van der Waals surface area contributed by atoms with Crippen LogP contribution in [0.25, 0.3) is 0 Å². The topological polar surface area (TPSA) is 37.4 Å². The van der Waals surface area contributed by atoms with Gasteiger partial charge < -0.3 is 4.90 Å². The summed E-state index contributed by atoms with van der Waals surface area (Å²) in [5, 5.41) is 0. The Morgan fingerprint density at radius 2 is 1.92 bits per heavy atom. The van der Waals surface area contributed by atoms with E-state index in [4.69, 9.17) is 0 Å². The van der Waals surface area contributed by atoms with E-state index in [2.05, 4.69) is 0 Å². The number of hydrogen-bond donors (Lipinski definition) is 0. The smallest absolute Gasteiger partial charge is 0.220 e. The van der Waals surface area contributed by atoms with Gasteiger partial charge in [0, 0.05) is 19.4 Å². The molecule has 2 aliphatic rings. The van der Waals surface area contributed by atoms with Gasteiger partial charge in [-0.05, 0) is 25.7 Å². The minimum Gasteiger partial charge on any atom is -0.333 e. The highest BCUT2D eigenvalue weighted by Gasteiger charge is 2.40. The highest BCUT2D eigenvalue weighted by molar-refractivity contribution is 5.91. The van der Waals surface area contributed by atoms with Crippen molar-refractivity contribution < 1.29 is 9.59 Å². The number of amides is 1. The zero-order valence-corrected chi connectivity index (χ0v) is 7.95. The summed E-state index contributed by atoms with van der Waals surface area (Å²) in [5.41, 5.74) is 0. The van der Waals surface area contributed by atoms with Gasteiger partial charge in [0.1, 0.15) is 0 Å². The summed E-state index contributed by atoms with van der Waals surface area (Å²) in [6.07, 6.45) is 3.96. The van der Waals surface area contributed by atoms with Crippen LogP contribution in [0.4, 0.5) is 0 Å². The Labute approximate surface area is 78.1 Å². The van der Waals surface area contributed by atoms with Crippen molar-refractivity contribution in [1.82, 2.24) is 4.90 Å². The van der Waals surface area contributed by atoms with E-state index in [0.29, 0.717) is 5.78 Å².